The van der Waals surface area contributed by atoms with Crippen molar-refractivity contribution in [3.05, 3.63) is 0 Å². The Labute approximate surface area is 106 Å². The monoisotopic (exact) mass is 257 g/mol. The molecule has 7 heteroatoms. The van der Waals surface area contributed by atoms with E-state index in [-0.39, 0.29) is 18.6 Å². The summed E-state index contributed by atoms with van der Waals surface area (Å²) in [5.41, 5.74) is 5.07. The number of nitrogens with zero attached hydrogens (tertiary/aromatic N) is 2. The second kappa shape index (κ2) is 5.70. The van der Waals surface area contributed by atoms with E-state index >= 15 is 0 Å². The Balaban J connectivity index is 2.72. The van der Waals surface area contributed by atoms with Crippen molar-refractivity contribution in [2.75, 3.05) is 19.6 Å². The molecule has 1 aliphatic heterocycles. The molecule has 1 rings (SSSR count). The molecule has 0 aromatic carbocycles. The molecule has 7 nitrogen and oxygen atoms in total. The lowest BCUT2D eigenvalue weighted by Crippen LogP contribution is -2.48. The summed E-state index contributed by atoms with van der Waals surface area (Å²) >= 11 is 0. The standard InChI is InChI=1S/C11H19N3O4/c1-3-13(6-9(12)15)11(18)14-5-4-8(7(14)2)10(16)17/h7-8H,3-6H2,1-2H3,(H2,12,15)(H,16,17). The van der Waals surface area contributed by atoms with Gasteiger partial charge in [-0.15, -0.1) is 0 Å². The van der Waals surface area contributed by atoms with Crippen LogP contribution in [0.1, 0.15) is 20.3 Å². The minimum absolute atomic E-state index is 0.143. The quantitative estimate of drug-likeness (QED) is 0.722. The Bertz CT molecular complexity index is 358. The molecule has 0 aromatic heterocycles. The van der Waals surface area contributed by atoms with Gasteiger partial charge < -0.3 is 20.6 Å². The van der Waals surface area contributed by atoms with Crippen LogP contribution >= 0.6 is 0 Å². The fourth-order valence-corrected chi connectivity index (χ4v) is 2.22. The molecule has 0 aliphatic carbocycles. The number of nitrogens with two attached hydrogens (primary N) is 1. The third-order valence-corrected chi connectivity index (χ3v) is 3.32. The number of hydrogen-bond acceptors (Lipinski definition) is 3. The molecule has 0 saturated carbocycles. The van der Waals surface area contributed by atoms with Crippen molar-refractivity contribution in [1.29, 1.82) is 0 Å². The molecule has 1 heterocycles. The highest BCUT2D eigenvalue weighted by molar-refractivity contribution is 5.84. The first-order chi connectivity index (χ1) is 8.38. The Hall–Kier alpha value is -1.79. The Morgan fingerprint density at radius 2 is 2.06 bits per heavy atom. The molecular formula is C11H19N3O4. The van der Waals surface area contributed by atoms with Gasteiger partial charge in [0.2, 0.25) is 5.91 Å². The number of carboxylic acid groups (broad SMARTS) is 1. The van der Waals surface area contributed by atoms with Gasteiger partial charge in [0.1, 0.15) is 6.54 Å². The molecule has 18 heavy (non-hydrogen) atoms. The van der Waals surface area contributed by atoms with E-state index in [2.05, 4.69) is 0 Å². The van der Waals surface area contributed by atoms with Crippen LogP contribution in [0.25, 0.3) is 0 Å². The molecule has 102 valence electrons. The third-order valence-electron chi connectivity index (χ3n) is 3.32. The molecule has 3 amide bonds. The summed E-state index contributed by atoms with van der Waals surface area (Å²) in [5.74, 6) is -2.01. The van der Waals surface area contributed by atoms with Crippen LogP contribution in [0.15, 0.2) is 0 Å². The minimum Gasteiger partial charge on any atom is -0.481 e. The number of likely N-dealkylation sites (N-methyl/N-ethyl adjacent to an activating group) is 1. The molecule has 2 unspecified atom stereocenters. The molecule has 0 bridgehead atoms. The lowest BCUT2D eigenvalue weighted by Gasteiger charge is -2.29. The molecule has 0 aromatic rings. The maximum atomic E-state index is 12.1. The highest BCUT2D eigenvalue weighted by Gasteiger charge is 2.39. The first-order valence-electron chi connectivity index (χ1n) is 5.95. The maximum Gasteiger partial charge on any atom is 0.320 e. The highest BCUT2D eigenvalue weighted by atomic mass is 16.4. The molecule has 1 fully saturated rings. The van der Waals surface area contributed by atoms with Crippen LogP contribution in [0.3, 0.4) is 0 Å². The zero-order valence-electron chi connectivity index (χ0n) is 10.6. The van der Waals surface area contributed by atoms with Gasteiger partial charge in [-0.2, -0.15) is 0 Å². The highest BCUT2D eigenvalue weighted by Crippen LogP contribution is 2.25. The zero-order valence-corrected chi connectivity index (χ0v) is 10.6. The SMILES string of the molecule is CCN(CC(N)=O)C(=O)N1CCC(C(=O)O)C1C. The van der Waals surface area contributed by atoms with Gasteiger partial charge in [-0.1, -0.05) is 0 Å². The molecule has 0 radical (unpaired) electrons. The number of primary amides is 1. The third kappa shape index (κ3) is 2.91. The number of aliphatic carboxylic acids is 1. The molecule has 1 saturated heterocycles. The minimum atomic E-state index is -0.893. The van der Waals surface area contributed by atoms with E-state index in [9.17, 15) is 14.4 Å². The number of carbonyl (C=O) groups is 3. The van der Waals surface area contributed by atoms with Crippen LogP contribution in [-0.2, 0) is 9.59 Å². The first-order valence-corrected chi connectivity index (χ1v) is 5.95. The Morgan fingerprint density at radius 1 is 1.44 bits per heavy atom. The Kier molecular flexibility index (Phi) is 4.52. The van der Waals surface area contributed by atoms with E-state index in [1.54, 1.807) is 13.8 Å². The molecule has 3 N–H and O–H groups in total. The number of urea groups is 1. The fourth-order valence-electron chi connectivity index (χ4n) is 2.22. The van der Waals surface area contributed by atoms with E-state index in [1.165, 1.54) is 9.80 Å². The van der Waals surface area contributed by atoms with Crippen molar-refractivity contribution in [2.45, 2.75) is 26.3 Å². The lowest BCUT2D eigenvalue weighted by atomic mass is 10.0. The predicted octanol–water partition coefficient (Wildman–Crippen LogP) is -0.291. The van der Waals surface area contributed by atoms with Crippen LogP contribution in [0.4, 0.5) is 4.79 Å². The summed E-state index contributed by atoms with van der Waals surface area (Å²) < 4.78 is 0. The number of hydrogen-bond donors (Lipinski definition) is 2. The van der Waals surface area contributed by atoms with Gasteiger partial charge in [-0.05, 0) is 20.3 Å². The van der Waals surface area contributed by atoms with Crippen molar-refractivity contribution in [3.63, 3.8) is 0 Å². The summed E-state index contributed by atoms with van der Waals surface area (Å²) in [6.45, 7) is 4.07. The summed E-state index contributed by atoms with van der Waals surface area (Å²) in [6, 6.07) is -0.690. The van der Waals surface area contributed by atoms with Crippen molar-refractivity contribution in [3.8, 4) is 0 Å². The molecular weight excluding hydrogens is 238 g/mol. The van der Waals surface area contributed by atoms with Crippen molar-refractivity contribution >= 4 is 17.9 Å². The van der Waals surface area contributed by atoms with Crippen LogP contribution in [0, 0.1) is 5.92 Å². The van der Waals surface area contributed by atoms with E-state index in [4.69, 9.17) is 10.8 Å². The lowest BCUT2D eigenvalue weighted by molar-refractivity contribution is -0.142. The molecule has 0 spiro atoms. The van der Waals surface area contributed by atoms with Crippen LogP contribution < -0.4 is 5.73 Å². The van der Waals surface area contributed by atoms with Gasteiger partial charge in [0.15, 0.2) is 0 Å². The average Bonchev–Trinajstić information content (AvgIpc) is 2.66. The van der Waals surface area contributed by atoms with Crippen LogP contribution in [0.2, 0.25) is 0 Å². The number of amides is 3. The topological polar surface area (TPSA) is 104 Å². The summed E-state index contributed by atoms with van der Waals surface area (Å²) in [4.78, 5) is 36.8. The largest absolute Gasteiger partial charge is 0.481 e. The van der Waals surface area contributed by atoms with Gasteiger partial charge in [-0.3, -0.25) is 9.59 Å². The molecule has 1 aliphatic rings. The van der Waals surface area contributed by atoms with Crippen molar-refractivity contribution in [1.82, 2.24) is 9.80 Å². The molecule has 2 atom stereocenters. The summed E-state index contributed by atoms with van der Waals surface area (Å²) in [5, 5.41) is 9.00. The van der Waals surface area contributed by atoms with Crippen LogP contribution in [0.5, 0.6) is 0 Å². The predicted molar refractivity (Wildman–Crippen MR) is 63.7 cm³/mol. The zero-order chi connectivity index (χ0) is 13.9. The van der Waals surface area contributed by atoms with Crippen molar-refractivity contribution in [2.24, 2.45) is 11.7 Å². The average molecular weight is 257 g/mol. The smallest absolute Gasteiger partial charge is 0.320 e. The maximum absolute atomic E-state index is 12.1. The van der Waals surface area contributed by atoms with Gasteiger partial charge in [0.05, 0.1) is 5.92 Å². The van der Waals surface area contributed by atoms with Gasteiger partial charge in [-0.25, -0.2) is 4.79 Å². The van der Waals surface area contributed by atoms with Gasteiger partial charge in [0, 0.05) is 19.1 Å². The van der Waals surface area contributed by atoms with Gasteiger partial charge in [0.25, 0.3) is 0 Å². The number of likely N-dealkylation sites (tertiary alicyclic amines) is 1. The number of carbonyl (C=O) groups excluding carboxylic acids is 2. The summed E-state index contributed by atoms with van der Waals surface area (Å²) in [7, 11) is 0. The normalized spacial score (nSPS) is 22.9. The van der Waals surface area contributed by atoms with Gasteiger partial charge >= 0.3 is 12.0 Å². The van der Waals surface area contributed by atoms with E-state index in [0.717, 1.165) is 0 Å². The Morgan fingerprint density at radius 3 is 2.44 bits per heavy atom. The van der Waals surface area contributed by atoms with E-state index in [1.807, 2.05) is 0 Å². The van der Waals surface area contributed by atoms with Crippen LogP contribution in [-0.4, -0.2) is 58.5 Å². The summed E-state index contributed by atoms with van der Waals surface area (Å²) in [6.07, 6.45) is 0.441. The fraction of sp³-hybridized carbons (Fsp3) is 0.727. The second-order valence-corrected chi connectivity index (χ2v) is 4.43. The van der Waals surface area contributed by atoms with Crippen molar-refractivity contribution < 1.29 is 19.5 Å². The van der Waals surface area contributed by atoms with E-state index < -0.39 is 17.8 Å². The number of carboxylic acids is 1. The van der Waals surface area contributed by atoms with E-state index in [0.29, 0.717) is 19.5 Å². The number of rotatable bonds is 4. The second-order valence-electron chi connectivity index (χ2n) is 4.43. The first kappa shape index (κ1) is 14.3.